The van der Waals surface area contributed by atoms with Crippen LogP contribution in [0, 0.1) is 18.6 Å². The maximum absolute atomic E-state index is 12.6. The average Bonchev–Trinajstić information content (AvgIpc) is 1.96. The molecule has 78 valence electrons. The number of hydrogen-bond acceptors (Lipinski definition) is 1. The van der Waals surface area contributed by atoms with Crippen LogP contribution in [-0.4, -0.2) is 6.36 Å². The Morgan fingerprint density at radius 1 is 1.14 bits per heavy atom. The Hall–Kier alpha value is -1.33. The summed E-state index contributed by atoms with van der Waals surface area (Å²) in [5.41, 5.74) is -0.246. The predicted molar refractivity (Wildman–Crippen MR) is 37.8 cm³/mol. The van der Waals surface area contributed by atoms with Gasteiger partial charge in [-0.1, -0.05) is 0 Å². The molecule has 1 nitrogen and oxygen atoms in total. The van der Waals surface area contributed by atoms with Crippen molar-refractivity contribution in [3.63, 3.8) is 0 Å². The third-order valence-electron chi connectivity index (χ3n) is 1.42. The van der Waals surface area contributed by atoms with Gasteiger partial charge in [0.05, 0.1) is 0 Å². The van der Waals surface area contributed by atoms with Crippen molar-refractivity contribution >= 4 is 0 Å². The zero-order valence-electron chi connectivity index (χ0n) is 6.95. The molecule has 0 unspecified atom stereocenters. The molecule has 0 heterocycles. The van der Waals surface area contributed by atoms with E-state index in [-0.39, 0.29) is 5.56 Å². The fraction of sp³-hybridized carbons (Fsp3) is 0.250. The number of rotatable bonds is 1. The van der Waals surface area contributed by atoms with Crippen LogP contribution in [0.2, 0.25) is 0 Å². The Bertz CT molecular complexity index is 321. The van der Waals surface area contributed by atoms with Crippen molar-refractivity contribution in [3.8, 4) is 5.75 Å². The average molecular weight is 212 g/mol. The van der Waals surface area contributed by atoms with E-state index in [1.54, 1.807) is 0 Å². The lowest BCUT2D eigenvalue weighted by molar-refractivity contribution is -0.274. The zero-order chi connectivity index (χ0) is 10.9. The van der Waals surface area contributed by atoms with Crippen LogP contribution in [0.4, 0.5) is 22.0 Å². The Morgan fingerprint density at radius 2 is 1.71 bits per heavy atom. The van der Waals surface area contributed by atoms with Crippen LogP contribution in [0.15, 0.2) is 12.1 Å². The Balaban J connectivity index is 3.02. The highest BCUT2D eigenvalue weighted by Gasteiger charge is 2.31. The lowest BCUT2D eigenvalue weighted by Gasteiger charge is -2.09. The van der Waals surface area contributed by atoms with Gasteiger partial charge in [-0.25, -0.2) is 8.78 Å². The van der Waals surface area contributed by atoms with Gasteiger partial charge in [0.15, 0.2) is 11.6 Å². The molecule has 0 radical (unpaired) electrons. The molecule has 1 rings (SSSR count). The van der Waals surface area contributed by atoms with Crippen molar-refractivity contribution in [1.29, 1.82) is 0 Å². The lowest BCUT2D eigenvalue weighted by atomic mass is 10.2. The maximum atomic E-state index is 12.6. The third-order valence-corrected chi connectivity index (χ3v) is 1.42. The van der Waals surface area contributed by atoms with Crippen LogP contribution in [0.25, 0.3) is 0 Å². The molecule has 1 aromatic rings. The topological polar surface area (TPSA) is 9.23 Å². The largest absolute Gasteiger partial charge is 0.573 e. The number of alkyl halides is 3. The summed E-state index contributed by atoms with van der Waals surface area (Å²) in [5, 5.41) is 0. The van der Waals surface area contributed by atoms with Gasteiger partial charge in [0.2, 0.25) is 0 Å². The number of hydrogen-bond donors (Lipinski definition) is 0. The van der Waals surface area contributed by atoms with Crippen molar-refractivity contribution in [2.24, 2.45) is 0 Å². The maximum Gasteiger partial charge on any atom is 0.573 e. The molecule has 0 fully saturated rings. The van der Waals surface area contributed by atoms with E-state index in [1.165, 1.54) is 0 Å². The Morgan fingerprint density at radius 3 is 2.14 bits per heavy atom. The molecule has 0 amide bonds. The zero-order valence-corrected chi connectivity index (χ0v) is 6.95. The van der Waals surface area contributed by atoms with Crippen LogP contribution in [0.1, 0.15) is 5.56 Å². The second-order valence-corrected chi connectivity index (χ2v) is 2.58. The first-order valence-electron chi connectivity index (χ1n) is 3.51. The van der Waals surface area contributed by atoms with Crippen LogP contribution in [-0.2, 0) is 0 Å². The van der Waals surface area contributed by atoms with Crippen molar-refractivity contribution in [1.82, 2.24) is 0 Å². The van der Waals surface area contributed by atoms with Gasteiger partial charge >= 0.3 is 6.36 Å². The van der Waals surface area contributed by atoms with Gasteiger partial charge < -0.3 is 4.74 Å². The van der Waals surface area contributed by atoms with Crippen LogP contribution < -0.4 is 4.74 Å². The molecule has 0 aliphatic rings. The number of ether oxygens (including phenoxy) is 1. The standard InChI is InChI=1S/C8H5F5O/c1-4-2-5(14-8(11,12)13)3-6(9)7(4)10/h2-3H,1H3. The summed E-state index contributed by atoms with van der Waals surface area (Å²) in [5.74, 6) is -3.32. The molecule has 0 aromatic heterocycles. The van der Waals surface area contributed by atoms with E-state index >= 15 is 0 Å². The van der Waals surface area contributed by atoms with Crippen LogP contribution in [0.5, 0.6) is 5.75 Å². The molecular formula is C8H5F5O. The van der Waals surface area contributed by atoms with Gasteiger partial charge in [0.25, 0.3) is 0 Å². The summed E-state index contributed by atoms with van der Waals surface area (Å²) in [6, 6.07) is 1.11. The van der Waals surface area contributed by atoms with E-state index in [2.05, 4.69) is 4.74 Å². The van der Waals surface area contributed by atoms with E-state index in [4.69, 9.17) is 0 Å². The van der Waals surface area contributed by atoms with E-state index in [0.29, 0.717) is 6.07 Å². The Kier molecular flexibility index (Phi) is 2.64. The smallest absolute Gasteiger partial charge is 0.406 e. The van der Waals surface area contributed by atoms with Gasteiger partial charge in [-0.05, 0) is 18.6 Å². The van der Waals surface area contributed by atoms with Crippen molar-refractivity contribution in [2.45, 2.75) is 13.3 Å². The van der Waals surface area contributed by atoms with E-state index in [9.17, 15) is 22.0 Å². The summed E-state index contributed by atoms with van der Waals surface area (Å²) in [6.07, 6.45) is -4.91. The SMILES string of the molecule is Cc1cc(OC(F)(F)F)cc(F)c1F. The normalized spacial score (nSPS) is 11.6. The second-order valence-electron chi connectivity index (χ2n) is 2.58. The van der Waals surface area contributed by atoms with Gasteiger partial charge in [-0.15, -0.1) is 13.2 Å². The molecule has 0 bridgehead atoms. The molecule has 0 atom stereocenters. The minimum Gasteiger partial charge on any atom is -0.406 e. The first-order valence-corrected chi connectivity index (χ1v) is 3.51. The van der Waals surface area contributed by atoms with Gasteiger partial charge in [-0.2, -0.15) is 0 Å². The summed E-state index contributed by atoms with van der Waals surface area (Å²) >= 11 is 0. The van der Waals surface area contributed by atoms with E-state index in [1.807, 2.05) is 0 Å². The molecule has 6 heteroatoms. The summed E-state index contributed by atoms with van der Waals surface area (Å²) in [7, 11) is 0. The molecule has 0 saturated heterocycles. The van der Waals surface area contributed by atoms with Crippen molar-refractivity contribution in [2.75, 3.05) is 0 Å². The van der Waals surface area contributed by atoms with Crippen molar-refractivity contribution in [3.05, 3.63) is 29.3 Å². The molecule has 0 aliphatic carbocycles. The first-order chi connectivity index (χ1) is 6.29. The highest BCUT2D eigenvalue weighted by Crippen LogP contribution is 2.25. The van der Waals surface area contributed by atoms with Crippen molar-refractivity contribution < 1.29 is 26.7 Å². The molecule has 14 heavy (non-hydrogen) atoms. The lowest BCUT2D eigenvalue weighted by Crippen LogP contribution is -2.17. The predicted octanol–water partition coefficient (Wildman–Crippen LogP) is 3.17. The van der Waals surface area contributed by atoms with Crippen LogP contribution in [0.3, 0.4) is 0 Å². The fourth-order valence-corrected chi connectivity index (χ4v) is 0.888. The number of benzene rings is 1. The summed E-state index contributed by atoms with van der Waals surface area (Å²) < 4.78 is 63.6. The molecule has 0 aliphatic heterocycles. The highest BCUT2D eigenvalue weighted by atomic mass is 19.4. The van der Waals surface area contributed by atoms with E-state index in [0.717, 1.165) is 13.0 Å². The first kappa shape index (κ1) is 10.7. The number of halogens is 5. The fourth-order valence-electron chi connectivity index (χ4n) is 0.888. The van der Waals surface area contributed by atoms with Gasteiger partial charge in [0.1, 0.15) is 5.75 Å². The molecule has 1 aromatic carbocycles. The highest BCUT2D eigenvalue weighted by molar-refractivity contribution is 5.30. The third kappa shape index (κ3) is 2.58. The summed E-state index contributed by atoms with van der Waals surface area (Å²) in [6.45, 7) is 1.14. The second kappa shape index (κ2) is 3.43. The monoisotopic (exact) mass is 212 g/mol. The Labute approximate surface area is 76.1 Å². The van der Waals surface area contributed by atoms with Gasteiger partial charge in [0, 0.05) is 6.07 Å². The van der Waals surface area contributed by atoms with Gasteiger partial charge in [-0.3, -0.25) is 0 Å². The van der Waals surface area contributed by atoms with Crippen LogP contribution >= 0.6 is 0 Å². The molecular weight excluding hydrogens is 207 g/mol. The summed E-state index contributed by atoms with van der Waals surface area (Å²) in [4.78, 5) is 0. The minimum atomic E-state index is -4.91. The number of aryl methyl sites for hydroxylation is 1. The quantitative estimate of drug-likeness (QED) is 0.649. The molecule has 0 spiro atoms. The minimum absolute atomic E-state index is 0.246. The van der Waals surface area contributed by atoms with E-state index < -0.39 is 23.7 Å². The molecule has 0 N–H and O–H groups in total. The molecule has 0 saturated carbocycles.